The maximum absolute atomic E-state index is 15.0. The van der Waals surface area contributed by atoms with Gasteiger partial charge in [0.25, 0.3) is 0 Å². The molecule has 5 unspecified atom stereocenters. The van der Waals surface area contributed by atoms with Crippen LogP contribution < -0.4 is 28.4 Å². The number of benzene rings is 7. The molecule has 436 valence electrons. The Morgan fingerprint density at radius 2 is 0.488 bits per heavy atom. The number of carbonyl (C=O) groups is 7. The maximum Gasteiger partial charge on any atom is 0.338 e. The van der Waals surface area contributed by atoms with Crippen LogP contribution in [0.1, 0.15) is 78.1 Å². The molecule has 0 saturated heterocycles. The molecule has 0 amide bonds. The third kappa shape index (κ3) is 16.4. The van der Waals surface area contributed by atoms with Crippen LogP contribution in [-0.4, -0.2) is 133 Å². The molecule has 0 spiro atoms. The highest BCUT2D eigenvalue weighted by Crippen LogP contribution is 2.30. The van der Waals surface area contributed by atoms with Gasteiger partial charge in [0.15, 0.2) is 30.5 Å². The second-order valence-electron chi connectivity index (χ2n) is 17.9. The lowest BCUT2D eigenvalue weighted by atomic mass is 9.97. The molecule has 7 aromatic carbocycles. The average molecular weight is 1150 g/mol. The first-order valence-corrected chi connectivity index (χ1v) is 25.6. The van der Waals surface area contributed by atoms with E-state index >= 15 is 0 Å². The van der Waals surface area contributed by atoms with Gasteiger partial charge in [-0.25, -0.2) is 33.6 Å². The molecule has 0 heterocycles. The fourth-order valence-electron chi connectivity index (χ4n) is 8.00. The number of ether oxygens (including phenoxy) is 13. The van der Waals surface area contributed by atoms with Crippen molar-refractivity contribution in [1.29, 1.82) is 0 Å². The number of aliphatic hydroxyl groups is 1. The molecule has 0 bridgehead atoms. The maximum atomic E-state index is 15.0. The zero-order valence-electron chi connectivity index (χ0n) is 46.3. The highest BCUT2D eigenvalue weighted by Gasteiger charge is 2.50. The quantitative estimate of drug-likeness (QED) is 0.0374. The molecule has 0 aliphatic rings. The Hall–Kier alpha value is -10.4. The second-order valence-corrected chi connectivity index (χ2v) is 17.9. The summed E-state index contributed by atoms with van der Waals surface area (Å²) >= 11 is 0. The highest BCUT2D eigenvalue weighted by atomic mass is 16.7. The lowest BCUT2D eigenvalue weighted by Gasteiger charge is -2.38. The van der Waals surface area contributed by atoms with Crippen LogP contribution >= 0.6 is 0 Å². The molecular formula is C63H58O21. The van der Waals surface area contributed by atoms with E-state index in [4.69, 9.17) is 61.6 Å². The van der Waals surface area contributed by atoms with Crippen molar-refractivity contribution in [3.8, 4) is 34.5 Å². The summed E-state index contributed by atoms with van der Waals surface area (Å²) in [6.07, 6.45) is -11.1. The summed E-state index contributed by atoms with van der Waals surface area (Å²) in [5, 5.41) is 9.73. The van der Waals surface area contributed by atoms with Gasteiger partial charge in [-0.15, -0.1) is 0 Å². The first kappa shape index (κ1) is 61.2. The van der Waals surface area contributed by atoms with Crippen LogP contribution in [0.4, 0.5) is 0 Å². The Morgan fingerprint density at radius 1 is 0.286 bits per heavy atom. The monoisotopic (exact) mass is 1150 g/mol. The standard InChI is InChI=1S/C63H58O21/c1-72-46-23-11-40(12-24-46)58(66)79-37-53(81-60(68)42-15-27-48(74-3)28-16-42)55(83-62(70)44-19-31-50(76-5)32-20-44)56(84-63(71)45-21-33-51(77-6)34-22-45)54(82-61(69)43-17-29-49(75-4)30-18-43)52(80-59(67)41-13-25-47(73-2)26-14-41)36-78-57(65)39-9-7-38(35-64)8-10-39/h7-34,52-56,64H,35-37H2,1-6H3. The molecule has 0 aromatic heterocycles. The first-order valence-electron chi connectivity index (χ1n) is 25.6. The topological polar surface area (TPSA) is 260 Å². The van der Waals surface area contributed by atoms with Gasteiger partial charge in [0.05, 0.1) is 88.2 Å². The lowest BCUT2D eigenvalue weighted by molar-refractivity contribution is -0.156. The predicted octanol–water partition coefficient (Wildman–Crippen LogP) is 8.37. The summed E-state index contributed by atoms with van der Waals surface area (Å²) in [5.41, 5.74) is -0.329. The smallest absolute Gasteiger partial charge is 0.338 e. The van der Waals surface area contributed by atoms with Gasteiger partial charge in [-0.1, -0.05) is 12.1 Å². The Kier molecular flexibility index (Phi) is 21.8. The number of rotatable bonds is 27. The molecular weight excluding hydrogens is 1090 g/mol. The predicted molar refractivity (Wildman–Crippen MR) is 297 cm³/mol. The van der Waals surface area contributed by atoms with E-state index < -0.39 is 85.5 Å². The SMILES string of the molecule is COc1ccc(C(=O)OCC(OC(=O)c2ccc(OC)cc2)C(OC(=O)c2ccc(OC)cc2)C(OC(=O)c2ccc(OC)cc2)C(OC(=O)c2ccc(OC)cc2)C(COC(=O)c2ccc(CO)cc2)OC(=O)c2ccc(OC)cc2)cc1. The van der Waals surface area contributed by atoms with Crippen molar-refractivity contribution in [3.63, 3.8) is 0 Å². The van der Waals surface area contributed by atoms with Crippen molar-refractivity contribution >= 4 is 41.8 Å². The number of carbonyl (C=O) groups excluding carboxylic acids is 7. The van der Waals surface area contributed by atoms with Crippen LogP contribution in [0.5, 0.6) is 34.5 Å². The Balaban J connectivity index is 1.48. The number of esters is 7. The summed E-state index contributed by atoms with van der Waals surface area (Å²) in [5.74, 6) is -5.77. The molecule has 0 fully saturated rings. The van der Waals surface area contributed by atoms with E-state index in [2.05, 4.69) is 0 Å². The highest BCUT2D eigenvalue weighted by molar-refractivity contribution is 5.94. The minimum atomic E-state index is -2.35. The van der Waals surface area contributed by atoms with Crippen molar-refractivity contribution in [1.82, 2.24) is 0 Å². The molecule has 21 heteroatoms. The van der Waals surface area contributed by atoms with Gasteiger partial charge in [0.1, 0.15) is 47.7 Å². The molecule has 1 N–H and O–H groups in total. The number of methoxy groups -OCH3 is 6. The van der Waals surface area contributed by atoms with Gasteiger partial charge in [0.2, 0.25) is 0 Å². The van der Waals surface area contributed by atoms with Gasteiger partial charge in [0, 0.05) is 0 Å². The third-order valence-corrected chi connectivity index (χ3v) is 12.7. The molecule has 0 radical (unpaired) electrons. The largest absolute Gasteiger partial charge is 0.497 e. The van der Waals surface area contributed by atoms with Crippen LogP contribution in [-0.2, 0) is 39.8 Å². The summed E-state index contributed by atoms with van der Waals surface area (Å²) in [7, 11) is 8.43. The molecule has 5 atom stereocenters. The van der Waals surface area contributed by atoms with Crippen molar-refractivity contribution in [3.05, 3.63) is 214 Å². The third-order valence-electron chi connectivity index (χ3n) is 12.7. The van der Waals surface area contributed by atoms with Gasteiger partial charge >= 0.3 is 41.8 Å². The zero-order valence-corrected chi connectivity index (χ0v) is 46.3. The van der Waals surface area contributed by atoms with Gasteiger partial charge in [-0.05, 0) is 163 Å². The van der Waals surface area contributed by atoms with Gasteiger partial charge < -0.3 is 66.7 Å². The van der Waals surface area contributed by atoms with Crippen LogP contribution in [0.25, 0.3) is 0 Å². The molecule has 21 nitrogen and oxygen atoms in total. The summed E-state index contributed by atoms with van der Waals surface area (Å²) in [6, 6.07) is 39.1. The van der Waals surface area contributed by atoms with E-state index in [0.29, 0.717) is 40.1 Å². The average Bonchev–Trinajstić information content (AvgIpc) is 3.72. The van der Waals surface area contributed by atoms with E-state index in [-0.39, 0.29) is 45.6 Å². The molecule has 84 heavy (non-hydrogen) atoms. The van der Waals surface area contributed by atoms with Crippen molar-refractivity contribution in [2.75, 3.05) is 55.9 Å². The summed E-state index contributed by atoms with van der Waals surface area (Å²) in [6.45, 7) is -2.36. The van der Waals surface area contributed by atoms with Crippen molar-refractivity contribution in [2.24, 2.45) is 0 Å². The van der Waals surface area contributed by atoms with Crippen LogP contribution in [0, 0.1) is 0 Å². The van der Waals surface area contributed by atoms with Gasteiger partial charge in [-0.2, -0.15) is 0 Å². The summed E-state index contributed by atoms with van der Waals surface area (Å²) in [4.78, 5) is 102. The molecule has 7 rings (SSSR count). The number of hydrogen-bond acceptors (Lipinski definition) is 21. The Labute approximate surface area is 482 Å². The van der Waals surface area contributed by atoms with Crippen LogP contribution in [0.3, 0.4) is 0 Å². The Morgan fingerprint density at radius 3 is 0.714 bits per heavy atom. The van der Waals surface area contributed by atoms with E-state index in [9.17, 15) is 38.7 Å². The minimum absolute atomic E-state index is 0.0186. The van der Waals surface area contributed by atoms with E-state index in [0.717, 1.165) is 0 Å². The van der Waals surface area contributed by atoms with E-state index in [1.165, 1.54) is 213 Å². The second kappa shape index (κ2) is 29.9. The van der Waals surface area contributed by atoms with Gasteiger partial charge in [-0.3, -0.25) is 0 Å². The Bertz CT molecular complexity index is 3130. The van der Waals surface area contributed by atoms with E-state index in [1.807, 2.05) is 0 Å². The lowest BCUT2D eigenvalue weighted by Crippen LogP contribution is -2.58. The van der Waals surface area contributed by atoms with Crippen LogP contribution in [0.15, 0.2) is 170 Å². The van der Waals surface area contributed by atoms with E-state index in [1.54, 1.807) is 0 Å². The van der Waals surface area contributed by atoms with Crippen molar-refractivity contribution in [2.45, 2.75) is 37.1 Å². The zero-order chi connectivity index (χ0) is 60.1. The fraction of sp³-hybridized carbons (Fsp3) is 0.222. The fourth-order valence-corrected chi connectivity index (χ4v) is 8.00. The number of hydrogen-bond donors (Lipinski definition) is 1. The molecule has 7 aromatic rings. The molecule has 0 aliphatic heterocycles. The summed E-state index contributed by atoms with van der Waals surface area (Å²) < 4.78 is 75.0. The normalized spacial score (nSPS) is 12.5. The van der Waals surface area contributed by atoms with Crippen LogP contribution in [0.2, 0.25) is 0 Å². The number of aliphatic hydroxyl groups excluding tert-OH is 1. The minimum Gasteiger partial charge on any atom is -0.497 e. The first-order chi connectivity index (χ1) is 40.7. The van der Waals surface area contributed by atoms with Crippen molar-refractivity contribution < 1.29 is 100 Å². The molecule has 0 aliphatic carbocycles. The molecule has 0 saturated carbocycles.